The molecule has 0 heterocycles. The highest BCUT2D eigenvalue weighted by atomic mass is 16.5. The zero-order chi connectivity index (χ0) is 15.1. The Morgan fingerprint density at radius 2 is 1.71 bits per heavy atom. The van der Waals surface area contributed by atoms with E-state index < -0.39 is 12.1 Å². The maximum absolute atomic E-state index is 11.3. The van der Waals surface area contributed by atoms with Crippen molar-refractivity contribution >= 4 is 5.97 Å². The van der Waals surface area contributed by atoms with Gasteiger partial charge < -0.3 is 14.6 Å². The number of carboxylic acids is 1. The summed E-state index contributed by atoms with van der Waals surface area (Å²) in [4.78, 5) is 11.3. The lowest BCUT2D eigenvalue weighted by molar-refractivity contribution is -0.151. The second-order valence-corrected chi connectivity index (χ2v) is 4.68. The number of methoxy groups -OCH3 is 1. The van der Waals surface area contributed by atoms with Crippen molar-refractivity contribution in [3.63, 3.8) is 0 Å². The van der Waals surface area contributed by atoms with Gasteiger partial charge in [0.2, 0.25) is 0 Å². The van der Waals surface area contributed by atoms with Gasteiger partial charge in [-0.2, -0.15) is 0 Å². The lowest BCUT2D eigenvalue weighted by atomic mass is 10.1. The van der Waals surface area contributed by atoms with E-state index >= 15 is 0 Å². The van der Waals surface area contributed by atoms with Crippen molar-refractivity contribution in [3.05, 3.63) is 65.7 Å². The number of hydrogen-bond acceptors (Lipinski definition) is 3. The third kappa shape index (κ3) is 4.61. The third-order valence-electron chi connectivity index (χ3n) is 3.15. The van der Waals surface area contributed by atoms with E-state index in [4.69, 9.17) is 9.47 Å². The van der Waals surface area contributed by atoms with E-state index in [1.807, 2.05) is 54.6 Å². The lowest BCUT2D eigenvalue weighted by Crippen LogP contribution is -2.26. The fourth-order valence-electron chi connectivity index (χ4n) is 1.96. The van der Waals surface area contributed by atoms with Crippen LogP contribution in [0.5, 0.6) is 5.75 Å². The molecule has 0 aliphatic carbocycles. The first-order valence-electron chi connectivity index (χ1n) is 6.70. The summed E-state index contributed by atoms with van der Waals surface area (Å²) in [5.41, 5.74) is 1.86. The Balaban J connectivity index is 1.96. The van der Waals surface area contributed by atoms with Crippen LogP contribution in [0.15, 0.2) is 54.6 Å². The Kier molecular flexibility index (Phi) is 5.35. The summed E-state index contributed by atoms with van der Waals surface area (Å²) in [6, 6.07) is 16.8. The molecule has 21 heavy (non-hydrogen) atoms. The number of ether oxygens (including phenoxy) is 2. The van der Waals surface area contributed by atoms with Gasteiger partial charge in [-0.1, -0.05) is 42.5 Å². The summed E-state index contributed by atoms with van der Waals surface area (Å²) >= 11 is 0. The van der Waals surface area contributed by atoms with Gasteiger partial charge in [0.25, 0.3) is 0 Å². The summed E-state index contributed by atoms with van der Waals surface area (Å²) in [7, 11) is 1.60. The molecule has 2 aromatic carbocycles. The molecule has 4 heteroatoms. The van der Waals surface area contributed by atoms with Crippen LogP contribution in [0.2, 0.25) is 0 Å². The molecule has 0 aliphatic heterocycles. The van der Waals surface area contributed by atoms with Gasteiger partial charge in [0.05, 0.1) is 13.7 Å². The minimum absolute atomic E-state index is 0.286. The molecule has 0 bridgehead atoms. The molecule has 0 spiro atoms. The molecule has 0 radical (unpaired) electrons. The highest BCUT2D eigenvalue weighted by Crippen LogP contribution is 2.14. The minimum atomic E-state index is -0.957. The van der Waals surface area contributed by atoms with Crippen molar-refractivity contribution in [3.8, 4) is 5.75 Å². The van der Waals surface area contributed by atoms with Gasteiger partial charge in [0.1, 0.15) is 5.75 Å². The Morgan fingerprint density at radius 1 is 1.05 bits per heavy atom. The zero-order valence-corrected chi connectivity index (χ0v) is 11.9. The van der Waals surface area contributed by atoms with Crippen molar-refractivity contribution in [2.75, 3.05) is 7.11 Å². The van der Waals surface area contributed by atoms with Crippen LogP contribution in [0.3, 0.4) is 0 Å². The van der Waals surface area contributed by atoms with Crippen LogP contribution in [-0.2, 0) is 22.6 Å². The van der Waals surface area contributed by atoms with Gasteiger partial charge in [-0.05, 0) is 23.3 Å². The maximum Gasteiger partial charge on any atom is 0.333 e. The van der Waals surface area contributed by atoms with Gasteiger partial charge in [-0.25, -0.2) is 4.79 Å². The molecule has 0 saturated heterocycles. The Hall–Kier alpha value is -2.33. The standard InChI is InChI=1S/C17H18O4/c1-20-15-9-7-13(8-10-15)11-16(17(18)19)21-12-14-5-3-2-4-6-14/h2-10,16H,11-12H2,1H3,(H,18,19). The lowest BCUT2D eigenvalue weighted by Gasteiger charge is -2.14. The summed E-state index contributed by atoms with van der Waals surface area (Å²) in [6.07, 6.45) is -0.537. The molecule has 4 nitrogen and oxygen atoms in total. The van der Waals surface area contributed by atoms with E-state index in [0.717, 1.165) is 16.9 Å². The molecule has 1 N–H and O–H groups in total. The molecule has 2 rings (SSSR count). The van der Waals surface area contributed by atoms with Crippen LogP contribution in [0, 0.1) is 0 Å². The van der Waals surface area contributed by atoms with E-state index in [2.05, 4.69) is 0 Å². The fourth-order valence-corrected chi connectivity index (χ4v) is 1.96. The Bertz CT molecular complexity index is 563. The Labute approximate surface area is 123 Å². The molecular formula is C17H18O4. The van der Waals surface area contributed by atoms with Crippen molar-refractivity contribution in [1.29, 1.82) is 0 Å². The van der Waals surface area contributed by atoms with Crippen LogP contribution < -0.4 is 4.74 Å². The number of benzene rings is 2. The van der Waals surface area contributed by atoms with E-state index in [1.54, 1.807) is 7.11 Å². The van der Waals surface area contributed by atoms with Crippen LogP contribution in [0.4, 0.5) is 0 Å². The van der Waals surface area contributed by atoms with E-state index in [9.17, 15) is 9.90 Å². The fraction of sp³-hybridized carbons (Fsp3) is 0.235. The highest BCUT2D eigenvalue weighted by Gasteiger charge is 2.18. The van der Waals surface area contributed by atoms with E-state index in [-0.39, 0.29) is 6.61 Å². The molecule has 110 valence electrons. The number of aliphatic carboxylic acids is 1. The number of carbonyl (C=O) groups is 1. The summed E-state index contributed by atoms with van der Waals surface area (Å²) in [5.74, 6) is -0.211. The average Bonchev–Trinajstić information content (AvgIpc) is 2.52. The quantitative estimate of drug-likeness (QED) is 0.850. The van der Waals surface area contributed by atoms with Gasteiger partial charge in [-0.3, -0.25) is 0 Å². The zero-order valence-electron chi connectivity index (χ0n) is 11.9. The predicted molar refractivity (Wildman–Crippen MR) is 79.4 cm³/mol. The second-order valence-electron chi connectivity index (χ2n) is 4.68. The highest BCUT2D eigenvalue weighted by molar-refractivity contribution is 5.72. The van der Waals surface area contributed by atoms with Gasteiger partial charge in [-0.15, -0.1) is 0 Å². The number of hydrogen-bond donors (Lipinski definition) is 1. The normalized spacial score (nSPS) is 11.9. The SMILES string of the molecule is COc1ccc(CC(OCc2ccccc2)C(=O)O)cc1. The van der Waals surface area contributed by atoms with Crippen LogP contribution in [-0.4, -0.2) is 24.3 Å². The largest absolute Gasteiger partial charge is 0.497 e. The van der Waals surface area contributed by atoms with E-state index in [0.29, 0.717) is 6.42 Å². The first-order chi connectivity index (χ1) is 10.2. The molecule has 0 aromatic heterocycles. The molecule has 1 unspecified atom stereocenters. The molecular weight excluding hydrogens is 268 g/mol. The summed E-state index contributed by atoms with van der Waals surface area (Å²) < 4.78 is 10.6. The number of rotatable bonds is 7. The van der Waals surface area contributed by atoms with Gasteiger partial charge in [0.15, 0.2) is 6.10 Å². The molecule has 0 fully saturated rings. The first kappa shape index (κ1) is 15.1. The second kappa shape index (κ2) is 7.45. The van der Waals surface area contributed by atoms with Crippen molar-refractivity contribution in [2.24, 2.45) is 0 Å². The summed E-state index contributed by atoms with van der Waals surface area (Å²) in [5, 5.41) is 9.26. The van der Waals surface area contributed by atoms with Gasteiger partial charge >= 0.3 is 5.97 Å². The summed E-state index contributed by atoms with van der Waals surface area (Å²) in [6.45, 7) is 0.286. The van der Waals surface area contributed by atoms with Crippen LogP contribution >= 0.6 is 0 Å². The van der Waals surface area contributed by atoms with Gasteiger partial charge in [0, 0.05) is 6.42 Å². The van der Waals surface area contributed by atoms with Crippen molar-refractivity contribution in [1.82, 2.24) is 0 Å². The van der Waals surface area contributed by atoms with Crippen LogP contribution in [0.1, 0.15) is 11.1 Å². The van der Waals surface area contributed by atoms with Crippen LogP contribution in [0.25, 0.3) is 0 Å². The minimum Gasteiger partial charge on any atom is -0.497 e. The Morgan fingerprint density at radius 3 is 2.29 bits per heavy atom. The molecule has 0 saturated carbocycles. The maximum atomic E-state index is 11.3. The number of carboxylic acid groups (broad SMARTS) is 1. The van der Waals surface area contributed by atoms with Crippen molar-refractivity contribution < 1.29 is 19.4 Å². The van der Waals surface area contributed by atoms with Crippen molar-refractivity contribution in [2.45, 2.75) is 19.1 Å². The molecule has 0 aliphatic rings. The third-order valence-corrected chi connectivity index (χ3v) is 3.15. The smallest absolute Gasteiger partial charge is 0.333 e. The first-order valence-corrected chi connectivity index (χ1v) is 6.70. The topological polar surface area (TPSA) is 55.8 Å². The van der Waals surface area contributed by atoms with E-state index in [1.165, 1.54) is 0 Å². The molecule has 2 aromatic rings. The molecule has 0 amide bonds. The predicted octanol–water partition coefficient (Wildman–Crippen LogP) is 2.91. The monoisotopic (exact) mass is 286 g/mol. The average molecular weight is 286 g/mol. The molecule has 1 atom stereocenters.